The summed E-state index contributed by atoms with van der Waals surface area (Å²) in [6.07, 6.45) is 4.91. The summed E-state index contributed by atoms with van der Waals surface area (Å²) in [6.45, 7) is 4.42. The van der Waals surface area contributed by atoms with E-state index in [-0.39, 0.29) is 12.3 Å². The number of urea groups is 1. The lowest BCUT2D eigenvalue weighted by atomic mass is 10.6. The van der Waals surface area contributed by atoms with E-state index in [1.54, 1.807) is 42.3 Å². The molecule has 0 spiro atoms. The quantitative estimate of drug-likeness (QED) is 0.842. The first-order chi connectivity index (χ1) is 10.0. The molecule has 0 aromatic carbocycles. The van der Waals surface area contributed by atoms with Crippen LogP contribution in [0.25, 0.3) is 0 Å². The van der Waals surface area contributed by atoms with Gasteiger partial charge in [0.15, 0.2) is 6.23 Å². The van der Waals surface area contributed by atoms with Gasteiger partial charge in [0.05, 0.1) is 6.33 Å². The summed E-state index contributed by atoms with van der Waals surface area (Å²) in [4.78, 5) is 19.0. The Bertz CT molecular complexity index is 584. The lowest BCUT2D eigenvalue weighted by Crippen LogP contribution is -2.38. The SMILES string of the molecule is CCN(C)C(=O)N(C)c1nnc(OC(C)n2ccnc2)s1. The Kier molecular flexibility index (Phi) is 4.73. The predicted octanol–water partition coefficient (Wildman–Crippen LogP) is 1.84. The Labute approximate surface area is 127 Å². The van der Waals surface area contributed by atoms with Gasteiger partial charge in [-0.2, -0.15) is 0 Å². The number of nitrogens with zero attached hydrogens (tertiary/aromatic N) is 6. The minimum Gasteiger partial charge on any atom is -0.445 e. The molecule has 8 nitrogen and oxygen atoms in total. The van der Waals surface area contributed by atoms with E-state index in [4.69, 9.17) is 4.74 Å². The van der Waals surface area contributed by atoms with Crippen LogP contribution in [-0.4, -0.2) is 51.3 Å². The molecule has 0 aliphatic heterocycles. The maximum atomic E-state index is 12.0. The monoisotopic (exact) mass is 310 g/mol. The molecule has 2 aromatic rings. The molecule has 0 bridgehead atoms. The Morgan fingerprint density at radius 3 is 2.86 bits per heavy atom. The zero-order valence-electron chi connectivity index (χ0n) is 12.4. The Hall–Kier alpha value is -2.16. The van der Waals surface area contributed by atoms with Crippen molar-refractivity contribution in [3.63, 3.8) is 0 Å². The van der Waals surface area contributed by atoms with E-state index in [0.29, 0.717) is 16.9 Å². The van der Waals surface area contributed by atoms with Gasteiger partial charge in [0.2, 0.25) is 5.13 Å². The Morgan fingerprint density at radius 2 is 2.24 bits per heavy atom. The van der Waals surface area contributed by atoms with Gasteiger partial charge in [-0.15, -0.1) is 5.10 Å². The molecule has 114 valence electrons. The second-order valence-corrected chi connectivity index (χ2v) is 5.35. The fraction of sp³-hybridized carbons (Fsp3) is 0.500. The maximum Gasteiger partial charge on any atom is 0.325 e. The molecule has 2 rings (SSSR count). The zero-order chi connectivity index (χ0) is 15.4. The summed E-state index contributed by atoms with van der Waals surface area (Å²) in [6, 6.07) is -0.136. The van der Waals surface area contributed by atoms with Gasteiger partial charge in [-0.25, -0.2) is 9.78 Å². The second-order valence-electron chi connectivity index (χ2n) is 4.43. The zero-order valence-corrected chi connectivity index (χ0v) is 13.2. The molecule has 21 heavy (non-hydrogen) atoms. The molecule has 1 unspecified atom stereocenters. The van der Waals surface area contributed by atoms with Gasteiger partial charge in [-0.3, -0.25) is 4.90 Å². The number of carbonyl (C=O) groups excluding carboxylic acids is 1. The summed E-state index contributed by atoms with van der Waals surface area (Å²) < 4.78 is 7.48. The molecular weight excluding hydrogens is 292 g/mol. The first kappa shape index (κ1) is 15.2. The molecule has 0 radical (unpaired) electrons. The van der Waals surface area contributed by atoms with Crippen LogP contribution in [-0.2, 0) is 0 Å². The molecule has 0 aliphatic carbocycles. The third kappa shape index (κ3) is 3.48. The van der Waals surface area contributed by atoms with Crippen LogP contribution in [0.5, 0.6) is 5.19 Å². The molecule has 2 heterocycles. The van der Waals surface area contributed by atoms with Gasteiger partial charge in [0.1, 0.15) is 0 Å². The van der Waals surface area contributed by atoms with E-state index >= 15 is 0 Å². The molecule has 2 aromatic heterocycles. The Balaban J connectivity index is 2.02. The van der Waals surface area contributed by atoms with E-state index in [2.05, 4.69) is 15.2 Å². The van der Waals surface area contributed by atoms with Crippen molar-refractivity contribution in [3.05, 3.63) is 18.7 Å². The maximum absolute atomic E-state index is 12.0. The average Bonchev–Trinajstić information content (AvgIpc) is 3.15. The number of hydrogen-bond acceptors (Lipinski definition) is 6. The van der Waals surface area contributed by atoms with Crippen LogP contribution in [0, 0.1) is 0 Å². The van der Waals surface area contributed by atoms with Crippen LogP contribution in [0.4, 0.5) is 9.93 Å². The topological polar surface area (TPSA) is 76.4 Å². The fourth-order valence-electron chi connectivity index (χ4n) is 1.55. The molecule has 9 heteroatoms. The van der Waals surface area contributed by atoms with Gasteiger partial charge < -0.3 is 14.2 Å². The largest absolute Gasteiger partial charge is 0.445 e. The highest BCUT2D eigenvalue weighted by atomic mass is 32.1. The number of aromatic nitrogens is 4. The van der Waals surface area contributed by atoms with Gasteiger partial charge in [-0.05, 0) is 25.2 Å². The number of imidazole rings is 1. The molecular formula is C12H18N6O2S. The molecule has 0 N–H and O–H groups in total. The van der Waals surface area contributed by atoms with Crippen molar-refractivity contribution in [2.45, 2.75) is 20.1 Å². The number of anilines is 1. The van der Waals surface area contributed by atoms with Crippen molar-refractivity contribution in [1.82, 2.24) is 24.6 Å². The summed E-state index contributed by atoms with van der Waals surface area (Å²) in [5, 5.41) is 8.84. The lowest BCUT2D eigenvalue weighted by molar-refractivity contribution is 0.150. The van der Waals surface area contributed by atoms with Crippen LogP contribution in [0.3, 0.4) is 0 Å². The van der Waals surface area contributed by atoms with Crippen molar-refractivity contribution in [2.75, 3.05) is 25.5 Å². The lowest BCUT2D eigenvalue weighted by Gasteiger charge is -2.20. The number of rotatable bonds is 5. The van der Waals surface area contributed by atoms with Crippen LogP contribution in [0.15, 0.2) is 18.7 Å². The van der Waals surface area contributed by atoms with Crippen LogP contribution in [0.2, 0.25) is 0 Å². The third-order valence-corrected chi connectivity index (χ3v) is 3.88. The molecule has 0 fully saturated rings. The summed E-state index contributed by atoms with van der Waals surface area (Å²) >= 11 is 1.22. The number of ether oxygens (including phenoxy) is 1. The minimum atomic E-state index is -0.243. The molecule has 1 atom stereocenters. The molecule has 0 saturated heterocycles. The highest BCUT2D eigenvalue weighted by Gasteiger charge is 2.19. The Morgan fingerprint density at radius 1 is 1.48 bits per heavy atom. The third-order valence-electron chi connectivity index (χ3n) is 2.99. The summed E-state index contributed by atoms with van der Waals surface area (Å²) in [7, 11) is 3.40. The number of carbonyl (C=O) groups is 1. The highest BCUT2D eigenvalue weighted by Crippen LogP contribution is 2.27. The van der Waals surface area contributed by atoms with Crippen molar-refractivity contribution in [2.24, 2.45) is 0 Å². The number of amides is 2. The summed E-state index contributed by atoms with van der Waals surface area (Å²) in [5.74, 6) is 0. The summed E-state index contributed by atoms with van der Waals surface area (Å²) in [5.41, 5.74) is 0. The van der Waals surface area contributed by atoms with Gasteiger partial charge in [-0.1, -0.05) is 5.10 Å². The van der Waals surface area contributed by atoms with Crippen LogP contribution in [0.1, 0.15) is 20.1 Å². The van der Waals surface area contributed by atoms with Crippen molar-refractivity contribution in [3.8, 4) is 5.19 Å². The van der Waals surface area contributed by atoms with Gasteiger partial charge in [0.25, 0.3) is 5.19 Å². The normalized spacial score (nSPS) is 12.0. The van der Waals surface area contributed by atoms with E-state index in [9.17, 15) is 4.79 Å². The van der Waals surface area contributed by atoms with Crippen molar-refractivity contribution >= 4 is 22.5 Å². The van der Waals surface area contributed by atoms with Gasteiger partial charge >= 0.3 is 6.03 Å². The molecule has 2 amide bonds. The second kappa shape index (κ2) is 6.53. The first-order valence-electron chi connectivity index (χ1n) is 6.49. The van der Waals surface area contributed by atoms with E-state index < -0.39 is 0 Å². The first-order valence-corrected chi connectivity index (χ1v) is 7.31. The minimum absolute atomic E-state index is 0.136. The van der Waals surface area contributed by atoms with Crippen molar-refractivity contribution in [1.29, 1.82) is 0 Å². The smallest absolute Gasteiger partial charge is 0.325 e. The number of hydrogen-bond donors (Lipinski definition) is 0. The average molecular weight is 310 g/mol. The molecule has 0 aliphatic rings. The van der Waals surface area contributed by atoms with Crippen LogP contribution >= 0.6 is 11.3 Å². The molecule has 0 saturated carbocycles. The fourth-order valence-corrected chi connectivity index (χ4v) is 2.27. The predicted molar refractivity (Wildman–Crippen MR) is 79.6 cm³/mol. The van der Waals surface area contributed by atoms with Gasteiger partial charge in [0, 0.05) is 33.0 Å². The van der Waals surface area contributed by atoms with E-state index in [0.717, 1.165) is 0 Å². The highest BCUT2D eigenvalue weighted by molar-refractivity contribution is 7.17. The van der Waals surface area contributed by atoms with E-state index in [1.165, 1.54) is 16.2 Å². The van der Waals surface area contributed by atoms with Crippen molar-refractivity contribution < 1.29 is 9.53 Å². The van der Waals surface area contributed by atoms with E-state index in [1.807, 2.05) is 13.8 Å². The standard InChI is InChI=1S/C12H18N6O2S/c1-5-16(3)12(19)17(4)10-14-15-11(21-10)20-9(2)18-7-6-13-8-18/h6-9H,5H2,1-4H3. The van der Waals surface area contributed by atoms with Crippen LogP contribution < -0.4 is 9.64 Å².